The topological polar surface area (TPSA) is 6.25 Å². The van der Waals surface area contributed by atoms with Crippen LogP contribution in [0.2, 0.25) is 0 Å². The van der Waals surface area contributed by atoms with Crippen LogP contribution < -0.4 is 0 Å². The maximum absolute atomic E-state index is 2.46. The molecule has 0 spiro atoms. The number of hydrogen-bond acceptors (Lipinski definition) is 2. The monoisotopic (exact) mass is 453 g/mol. The lowest BCUT2D eigenvalue weighted by Gasteiger charge is -2.34. The van der Waals surface area contributed by atoms with Gasteiger partial charge in [0.1, 0.15) is 7.05 Å². The van der Waals surface area contributed by atoms with E-state index in [0.29, 0.717) is 11.3 Å². The van der Waals surface area contributed by atoms with E-state index in [4.69, 9.17) is 0 Å². The zero-order chi connectivity index (χ0) is 23.2. The summed E-state index contributed by atoms with van der Waals surface area (Å²) in [6.07, 6.45) is 2.46. The number of para-hydroxylation sites is 1. The lowest BCUT2D eigenvalue weighted by Crippen LogP contribution is -2.38. The zero-order valence-electron chi connectivity index (χ0n) is 20.2. The van der Waals surface area contributed by atoms with Crippen LogP contribution in [-0.2, 0) is 5.41 Å². The second-order valence-corrected chi connectivity index (χ2v) is 11.0. The third-order valence-corrected chi connectivity index (χ3v) is 9.18. The van der Waals surface area contributed by atoms with Crippen molar-refractivity contribution in [1.82, 2.24) is 4.90 Å². The number of benzene rings is 3. The summed E-state index contributed by atoms with van der Waals surface area (Å²) in [5.41, 5.74) is 6.54. The van der Waals surface area contributed by atoms with E-state index in [2.05, 4.69) is 135 Å². The van der Waals surface area contributed by atoms with E-state index in [1.54, 1.807) is 0 Å². The van der Waals surface area contributed by atoms with Gasteiger partial charge in [0.25, 0.3) is 0 Å². The van der Waals surface area contributed by atoms with Gasteiger partial charge in [0.2, 0.25) is 5.69 Å². The Morgan fingerprint density at radius 2 is 1.42 bits per heavy atom. The highest BCUT2D eigenvalue weighted by atomic mass is 32.2. The van der Waals surface area contributed by atoms with Gasteiger partial charge in [0.05, 0.1) is 10.4 Å². The standard InChI is InChI=1S/C30H33N2S/c1-21-22(2)33-28(31(21)4)20-27-30(3,25-18-12-13-19-26(25)32(27)5)29(23-14-8-6-9-15-23)24-16-10-7-11-17-24/h6-22,29H,1-5H3/q+1. The Morgan fingerprint density at radius 3 is 1.97 bits per heavy atom. The molecule has 2 aliphatic heterocycles. The number of nitrogens with zero attached hydrogens (tertiary/aromatic N) is 2. The van der Waals surface area contributed by atoms with Gasteiger partial charge < -0.3 is 4.90 Å². The van der Waals surface area contributed by atoms with Gasteiger partial charge in [0, 0.05) is 42.0 Å². The van der Waals surface area contributed by atoms with Crippen molar-refractivity contribution in [3.8, 4) is 0 Å². The molecule has 2 aliphatic rings. The number of hydrogen-bond donors (Lipinski definition) is 0. The quantitative estimate of drug-likeness (QED) is 0.401. The van der Waals surface area contributed by atoms with Crippen LogP contribution in [0.3, 0.4) is 0 Å². The zero-order valence-corrected chi connectivity index (χ0v) is 21.0. The van der Waals surface area contributed by atoms with E-state index in [1.165, 1.54) is 33.1 Å². The molecule has 0 amide bonds. The van der Waals surface area contributed by atoms with Gasteiger partial charge in [-0.15, -0.1) is 11.8 Å². The molecule has 2 heterocycles. The van der Waals surface area contributed by atoms with E-state index in [-0.39, 0.29) is 11.3 Å². The van der Waals surface area contributed by atoms with E-state index < -0.39 is 0 Å². The second kappa shape index (κ2) is 8.53. The minimum atomic E-state index is -0.211. The number of fused-ring (bicyclic) bond motifs is 1. The summed E-state index contributed by atoms with van der Waals surface area (Å²) in [6.45, 7) is 7.10. The third-order valence-electron chi connectivity index (χ3n) is 7.77. The normalized spacial score (nSPS) is 25.9. The van der Waals surface area contributed by atoms with Crippen LogP contribution >= 0.6 is 11.8 Å². The van der Waals surface area contributed by atoms with E-state index in [1.807, 2.05) is 11.8 Å². The smallest absolute Gasteiger partial charge is 0.209 e. The minimum absolute atomic E-state index is 0.199. The molecule has 168 valence electrons. The molecule has 33 heavy (non-hydrogen) atoms. The van der Waals surface area contributed by atoms with Crippen LogP contribution in [0.15, 0.2) is 96.0 Å². The Balaban J connectivity index is 1.76. The fourth-order valence-electron chi connectivity index (χ4n) is 5.66. The maximum atomic E-state index is 2.46. The molecule has 5 rings (SSSR count). The first-order valence-electron chi connectivity index (χ1n) is 11.8. The van der Waals surface area contributed by atoms with Crippen molar-refractivity contribution in [2.24, 2.45) is 0 Å². The van der Waals surface area contributed by atoms with Gasteiger partial charge >= 0.3 is 0 Å². The molecule has 3 unspecified atom stereocenters. The third kappa shape index (κ3) is 3.54. The highest BCUT2D eigenvalue weighted by molar-refractivity contribution is 8.03. The largest absolute Gasteiger partial charge is 0.365 e. The fourth-order valence-corrected chi connectivity index (χ4v) is 6.93. The first kappa shape index (κ1) is 22.0. The van der Waals surface area contributed by atoms with Gasteiger partial charge in [-0.1, -0.05) is 85.8 Å². The molecule has 3 heteroatoms. The Kier molecular flexibility index (Phi) is 5.70. The van der Waals surface area contributed by atoms with Crippen molar-refractivity contribution in [1.29, 1.82) is 0 Å². The molecule has 3 aromatic rings. The van der Waals surface area contributed by atoms with Gasteiger partial charge in [-0.05, 0) is 25.0 Å². The molecule has 0 saturated carbocycles. The summed E-state index contributed by atoms with van der Waals surface area (Å²) >= 11 is 1.99. The minimum Gasteiger partial charge on any atom is -0.365 e. The highest BCUT2D eigenvalue weighted by Crippen LogP contribution is 2.51. The summed E-state index contributed by atoms with van der Waals surface area (Å²) in [5.74, 6) is 0.199. The lowest BCUT2D eigenvalue weighted by atomic mass is 9.64. The molecule has 0 aliphatic carbocycles. The molecule has 0 aromatic heterocycles. The first-order chi connectivity index (χ1) is 15.9. The first-order valence-corrected chi connectivity index (χ1v) is 12.7. The van der Waals surface area contributed by atoms with Crippen LogP contribution in [0.5, 0.6) is 0 Å². The van der Waals surface area contributed by atoms with Crippen molar-refractivity contribution in [2.75, 3.05) is 14.1 Å². The number of allylic oxidation sites excluding steroid dienone is 1. The summed E-state index contributed by atoms with van der Waals surface area (Å²) in [5, 5.41) is 1.94. The average Bonchev–Trinajstić information content (AvgIpc) is 3.21. The van der Waals surface area contributed by atoms with Crippen molar-refractivity contribution >= 4 is 23.2 Å². The molecule has 0 radical (unpaired) electrons. The predicted molar refractivity (Wildman–Crippen MR) is 142 cm³/mol. The van der Waals surface area contributed by atoms with E-state index >= 15 is 0 Å². The fraction of sp³-hybridized carbons (Fsp3) is 0.300. The van der Waals surface area contributed by atoms with Crippen molar-refractivity contribution < 1.29 is 4.58 Å². The van der Waals surface area contributed by atoms with Crippen LogP contribution in [0.4, 0.5) is 5.69 Å². The SMILES string of the molecule is CC1S/C(=C\C2=[N+](C)c3ccccc3C2(C)C(c2ccccc2)c2ccccc2)N(C)C1C. The van der Waals surface area contributed by atoms with Gasteiger partial charge in [-0.3, -0.25) is 0 Å². The average molecular weight is 454 g/mol. The van der Waals surface area contributed by atoms with E-state index in [0.717, 1.165) is 0 Å². The number of rotatable bonds is 4. The Morgan fingerprint density at radius 1 is 0.879 bits per heavy atom. The molecule has 3 atom stereocenters. The van der Waals surface area contributed by atoms with Gasteiger partial charge in [-0.25, -0.2) is 0 Å². The predicted octanol–water partition coefficient (Wildman–Crippen LogP) is 6.80. The summed E-state index contributed by atoms with van der Waals surface area (Å²) in [7, 11) is 4.47. The number of thioether (sulfide) groups is 1. The molecule has 0 bridgehead atoms. The summed E-state index contributed by atoms with van der Waals surface area (Å²) < 4.78 is 2.42. The van der Waals surface area contributed by atoms with Crippen LogP contribution in [0.25, 0.3) is 0 Å². The molecular weight excluding hydrogens is 420 g/mol. The van der Waals surface area contributed by atoms with Crippen molar-refractivity contribution in [3.63, 3.8) is 0 Å². The highest BCUT2D eigenvalue weighted by Gasteiger charge is 2.53. The Hall–Kier alpha value is -2.78. The van der Waals surface area contributed by atoms with Crippen LogP contribution in [-0.4, -0.2) is 40.6 Å². The summed E-state index contributed by atoms with van der Waals surface area (Å²) in [4.78, 5) is 2.44. The molecule has 1 saturated heterocycles. The molecule has 1 fully saturated rings. The van der Waals surface area contributed by atoms with Crippen LogP contribution in [0.1, 0.15) is 43.4 Å². The summed E-state index contributed by atoms with van der Waals surface area (Å²) in [6, 6.07) is 31.5. The Labute approximate surface area is 202 Å². The maximum Gasteiger partial charge on any atom is 0.209 e. The molecular formula is C30H33N2S+. The van der Waals surface area contributed by atoms with E-state index in [9.17, 15) is 0 Å². The second-order valence-electron chi connectivity index (χ2n) is 9.58. The molecule has 3 aromatic carbocycles. The van der Waals surface area contributed by atoms with Crippen LogP contribution in [0, 0.1) is 0 Å². The van der Waals surface area contributed by atoms with Gasteiger partial charge in [0.15, 0.2) is 5.71 Å². The Bertz CT molecular complexity index is 1170. The molecule has 2 nitrogen and oxygen atoms in total. The van der Waals surface area contributed by atoms with Crippen molar-refractivity contribution in [2.45, 2.75) is 43.4 Å². The lowest BCUT2D eigenvalue weighted by molar-refractivity contribution is -0.401. The molecule has 0 N–H and O–H groups in total. The van der Waals surface area contributed by atoms with Gasteiger partial charge in [-0.2, -0.15) is 4.58 Å². The van der Waals surface area contributed by atoms with Crippen molar-refractivity contribution in [3.05, 3.63) is 113 Å².